The van der Waals surface area contributed by atoms with Gasteiger partial charge in [-0.05, 0) is 91.8 Å². The third-order valence-electron chi connectivity index (χ3n) is 10.6. The maximum absolute atomic E-state index is 13.2. The number of hydrogen-bond acceptors (Lipinski definition) is 11. The Hall–Kier alpha value is -4.54. The predicted octanol–water partition coefficient (Wildman–Crippen LogP) is 8.22. The average Bonchev–Trinajstić information content (AvgIpc) is 3.60. The van der Waals surface area contributed by atoms with Crippen LogP contribution in [-0.2, 0) is 45.9 Å². The van der Waals surface area contributed by atoms with Gasteiger partial charge in [0.2, 0.25) is 0 Å². The number of H-pyrrole nitrogens is 1. The first kappa shape index (κ1) is 44.0. The molecule has 13 nitrogen and oxygen atoms in total. The summed E-state index contributed by atoms with van der Waals surface area (Å²) in [5, 5.41) is 16.9. The van der Waals surface area contributed by atoms with Gasteiger partial charge < -0.3 is 28.1 Å². The molecule has 0 bridgehead atoms. The lowest BCUT2D eigenvalue weighted by atomic mass is 9.90. The van der Waals surface area contributed by atoms with Crippen molar-refractivity contribution in [3.63, 3.8) is 0 Å². The number of ketones is 1. The van der Waals surface area contributed by atoms with Gasteiger partial charge in [0.1, 0.15) is 24.7 Å². The molecule has 0 radical (unpaired) electrons. The Balaban J connectivity index is 1.08. The highest BCUT2D eigenvalue weighted by Crippen LogP contribution is 2.50. The first-order valence-corrected chi connectivity index (χ1v) is 21.7. The fraction of sp³-hybridized carbons (Fsp3) is 0.489. The molecule has 314 valence electrons. The summed E-state index contributed by atoms with van der Waals surface area (Å²) in [4.78, 5) is 52.5. The molecule has 1 saturated heterocycles. The fourth-order valence-corrected chi connectivity index (χ4v) is 9.56. The summed E-state index contributed by atoms with van der Waals surface area (Å²) in [6.07, 6.45) is 3.14. The normalized spacial score (nSPS) is 17.5. The van der Waals surface area contributed by atoms with Crippen LogP contribution in [0.5, 0.6) is 0 Å². The molecule has 0 aliphatic carbocycles. The van der Waals surface area contributed by atoms with Crippen molar-refractivity contribution in [1.82, 2.24) is 14.2 Å². The number of unbranched alkanes of at least 4 members (excludes halogenated alkanes) is 2. The van der Waals surface area contributed by atoms with E-state index in [-0.39, 0.29) is 68.9 Å². The van der Waals surface area contributed by atoms with Gasteiger partial charge in [0.05, 0.1) is 43.8 Å². The second-order valence-corrected chi connectivity index (χ2v) is 17.1. The zero-order valence-electron chi connectivity index (χ0n) is 34.6. The van der Waals surface area contributed by atoms with Crippen LogP contribution >= 0.6 is 8.53 Å². The molecule has 2 heterocycles. The van der Waals surface area contributed by atoms with Crippen molar-refractivity contribution < 1.29 is 32.8 Å². The van der Waals surface area contributed by atoms with E-state index in [1.54, 1.807) is 0 Å². The standard InChI is InChI=1S/C45H55N4O9P/c1-29(2)49(30(3)4)59(56-24-10-22-46)58-38-25-40(57-39(38)28-55-41(51)21-14-31(5)50)48-26-36(44(52)47-45(48)53)27-54-23-8-6-7-11-32-15-16-35-18-17-33-12-9-13-34-19-20-37(32)43(35)42(33)34/h9,12-13,15-20,26,29-30,38-40H,6-8,10-11,14,21,23-25,27-28H2,1-5H3,(H,47,52,53)/t38-,39?,40?,59?/m0/s1. The van der Waals surface area contributed by atoms with Gasteiger partial charge in [-0.25, -0.2) is 9.46 Å². The topological polar surface area (TPSA) is 162 Å². The van der Waals surface area contributed by atoms with E-state index in [4.69, 9.17) is 28.5 Å². The lowest BCUT2D eigenvalue weighted by Crippen LogP contribution is -2.36. The van der Waals surface area contributed by atoms with E-state index in [9.17, 15) is 19.2 Å². The molecular formula is C45H55N4O9P. The van der Waals surface area contributed by atoms with Gasteiger partial charge >= 0.3 is 11.7 Å². The van der Waals surface area contributed by atoms with Crippen LogP contribution in [0.3, 0.4) is 0 Å². The molecule has 3 unspecified atom stereocenters. The number of aryl methyl sites for hydroxylation is 1. The number of carbonyl (C=O) groups is 2. The SMILES string of the molecule is CC(=O)CCC(=O)OCC1OC(n2cc(COCCCCCc3ccc4ccc5cccc6ccc3c4c56)c(=O)[nH]c2=O)C[C@@H]1OP(OCCC#N)N(C(C)C)C(C)C. The number of rotatable bonds is 22. The van der Waals surface area contributed by atoms with E-state index in [1.807, 2.05) is 27.7 Å². The Morgan fingerprint density at radius 1 is 0.932 bits per heavy atom. The predicted molar refractivity (Wildman–Crippen MR) is 228 cm³/mol. The summed E-state index contributed by atoms with van der Waals surface area (Å²) < 4.78 is 33.9. The fourth-order valence-electron chi connectivity index (χ4n) is 7.80. The number of nitrogens with zero attached hydrogens (tertiary/aromatic N) is 3. The molecule has 0 saturated carbocycles. The molecule has 0 spiro atoms. The monoisotopic (exact) mass is 826 g/mol. The first-order chi connectivity index (χ1) is 28.4. The lowest BCUT2D eigenvalue weighted by Gasteiger charge is -2.37. The summed E-state index contributed by atoms with van der Waals surface area (Å²) in [7, 11) is -1.69. The van der Waals surface area contributed by atoms with Crippen molar-refractivity contribution in [2.24, 2.45) is 0 Å². The van der Waals surface area contributed by atoms with E-state index < -0.39 is 44.2 Å². The van der Waals surface area contributed by atoms with E-state index in [1.165, 1.54) is 55.6 Å². The minimum Gasteiger partial charge on any atom is -0.463 e. The van der Waals surface area contributed by atoms with Gasteiger partial charge in [0, 0.05) is 37.7 Å². The number of esters is 1. The largest absolute Gasteiger partial charge is 0.463 e. The van der Waals surface area contributed by atoms with Gasteiger partial charge in [-0.15, -0.1) is 0 Å². The summed E-state index contributed by atoms with van der Waals surface area (Å²) in [5.74, 6) is -0.686. The van der Waals surface area contributed by atoms with Crippen LogP contribution in [0.25, 0.3) is 32.3 Å². The second-order valence-electron chi connectivity index (χ2n) is 15.7. The van der Waals surface area contributed by atoms with Crippen LogP contribution < -0.4 is 11.2 Å². The third-order valence-corrected chi connectivity index (χ3v) is 12.8. The molecule has 1 aliphatic rings. The molecule has 14 heteroatoms. The number of Topliss-reactive ketones (excluding diaryl/α,β-unsaturated/α-hetero) is 1. The Morgan fingerprint density at radius 3 is 2.36 bits per heavy atom. The first-order valence-electron chi connectivity index (χ1n) is 20.6. The third kappa shape index (κ3) is 11.0. The Bertz CT molecular complexity index is 2350. The number of nitriles is 1. The van der Waals surface area contributed by atoms with Gasteiger partial charge in [-0.3, -0.25) is 19.1 Å². The molecule has 1 aromatic heterocycles. The highest BCUT2D eigenvalue weighted by atomic mass is 31.2. The van der Waals surface area contributed by atoms with Crippen molar-refractivity contribution in [3.8, 4) is 6.07 Å². The van der Waals surface area contributed by atoms with Crippen LogP contribution in [0.15, 0.2) is 70.4 Å². The molecule has 5 aromatic rings. The number of ether oxygens (including phenoxy) is 3. The summed E-state index contributed by atoms with van der Waals surface area (Å²) in [6, 6.07) is 21.9. The quantitative estimate of drug-likeness (QED) is 0.0310. The number of aromatic amines is 1. The smallest absolute Gasteiger partial charge is 0.330 e. The van der Waals surface area contributed by atoms with Gasteiger partial charge in [0.15, 0.2) is 0 Å². The molecule has 1 N–H and O–H groups in total. The van der Waals surface area contributed by atoms with E-state index in [0.29, 0.717) is 6.61 Å². The summed E-state index contributed by atoms with van der Waals surface area (Å²) in [5.41, 5.74) is 0.403. The minimum absolute atomic E-state index is 0.00421. The Morgan fingerprint density at radius 2 is 1.64 bits per heavy atom. The number of carbonyl (C=O) groups excluding carboxylic acids is 2. The van der Waals surface area contributed by atoms with Crippen molar-refractivity contribution in [2.75, 3.05) is 19.8 Å². The van der Waals surface area contributed by atoms with Gasteiger partial charge in [0.25, 0.3) is 14.1 Å². The molecule has 4 aromatic carbocycles. The van der Waals surface area contributed by atoms with Crippen molar-refractivity contribution in [1.29, 1.82) is 5.26 Å². The van der Waals surface area contributed by atoms with Crippen molar-refractivity contribution >= 4 is 52.6 Å². The Kier molecular flexibility index (Phi) is 15.4. The molecule has 0 amide bonds. The summed E-state index contributed by atoms with van der Waals surface area (Å²) in [6.45, 7) is 9.91. The van der Waals surface area contributed by atoms with E-state index in [2.05, 4.69) is 70.3 Å². The number of hydrogen-bond donors (Lipinski definition) is 1. The molecule has 6 rings (SSSR count). The van der Waals surface area contributed by atoms with Crippen LogP contribution in [0, 0.1) is 11.3 Å². The van der Waals surface area contributed by atoms with E-state index in [0.717, 1.165) is 25.7 Å². The molecule has 1 aliphatic heterocycles. The maximum Gasteiger partial charge on any atom is 0.330 e. The highest BCUT2D eigenvalue weighted by Gasteiger charge is 2.42. The van der Waals surface area contributed by atoms with Crippen LogP contribution in [0.2, 0.25) is 0 Å². The lowest BCUT2D eigenvalue weighted by molar-refractivity contribution is -0.150. The highest BCUT2D eigenvalue weighted by molar-refractivity contribution is 7.44. The van der Waals surface area contributed by atoms with Gasteiger partial charge in [-0.1, -0.05) is 61.0 Å². The molecular weight excluding hydrogens is 771 g/mol. The average molecular weight is 827 g/mol. The van der Waals surface area contributed by atoms with Crippen molar-refractivity contribution in [3.05, 3.63) is 92.8 Å². The Labute approximate surface area is 345 Å². The van der Waals surface area contributed by atoms with Crippen LogP contribution in [0.4, 0.5) is 0 Å². The molecule has 1 fully saturated rings. The van der Waals surface area contributed by atoms with Crippen LogP contribution in [0.1, 0.15) is 96.9 Å². The van der Waals surface area contributed by atoms with Crippen LogP contribution in [-0.4, -0.2) is 70.1 Å². The number of benzene rings is 4. The van der Waals surface area contributed by atoms with Gasteiger partial charge in [-0.2, -0.15) is 5.26 Å². The second kappa shape index (κ2) is 20.6. The molecule has 59 heavy (non-hydrogen) atoms. The molecule has 4 atom stereocenters. The van der Waals surface area contributed by atoms with E-state index >= 15 is 0 Å². The zero-order chi connectivity index (χ0) is 42.1. The number of nitrogens with one attached hydrogen (secondary N) is 1. The number of aromatic nitrogens is 2. The summed E-state index contributed by atoms with van der Waals surface area (Å²) >= 11 is 0. The van der Waals surface area contributed by atoms with Crippen molar-refractivity contribution in [2.45, 2.75) is 123 Å². The zero-order valence-corrected chi connectivity index (χ0v) is 35.5. The minimum atomic E-state index is -1.69. The maximum atomic E-state index is 13.2.